The van der Waals surface area contributed by atoms with Gasteiger partial charge in [0.15, 0.2) is 0 Å². The maximum absolute atomic E-state index is 11.0. The van der Waals surface area contributed by atoms with E-state index in [0.29, 0.717) is 11.8 Å². The summed E-state index contributed by atoms with van der Waals surface area (Å²) in [7, 11) is 2.28. The van der Waals surface area contributed by atoms with Crippen molar-refractivity contribution < 1.29 is 9.84 Å². The van der Waals surface area contributed by atoms with Crippen LogP contribution in [0.15, 0.2) is 0 Å². The Morgan fingerprint density at radius 2 is 1.71 bits per heavy atom. The van der Waals surface area contributed by atoms with Gasteiger partial charge in [-0.2, -0.15) is 0 Å². The fourth-order valence-corrected chi connectivity index (χ4v) is 5.84. The van der Waals surface area contributed by atoms with Crippen molar-refractivity contribution in [2.45, 2.75) is 88.0 Å². The molecule has 3 heteroatoms. The Hall–Kier alpha value is -0.120. The molecular weight excluding hydrogens is 262 g/mol. The zero-order chi connectivity index (χ0) is 14.4. The van der Waals surface area contributed by atoms with Crippen molar-refractivity contribution in [1.29, 1.82) is 0 Å². The van der Waals surface area contributed by atoms with Gasteiger partial charge in [0.05, 0.1) is 11.7 Å². The highest BCUT2D eigenvalue weighted by atomic mass is 16.5. The van der Waals surface area contributed by atoms with Crippen LogP contribution >= 0.6 is 0 Å². The first kappa shape index (κ1) is 14.5. The molecule has 4 rings (SSSR count). The molecule has 3 saturated heterocycles. The lowest BCUT2D eigenvalue weighted by Crippen LogP contribution is -2.48. The lowest BCUT2D eigenvalue weighted by atomic mass is 9.74. The largest absolute Gasteiger partial charge is 0.393 e. The number of hydrogen-bond donors (Lipinski definition) is 1. The van der Waals surface area contributed by atoms with Gasteiger partial charge in [0.2, 0.25) is 0 Å². The molecule has 4 atom stereocenters. The van der Waals surface area contributed by atoms with Gasteiger partial charge in [-0.3, -0.25) is 0 Å². The average Bonchev–Trinajstić information content (AvgIpc) is 2.99. The molecule has 3 heterocycles. The molecule has 0 radical (unpaired) electrons. The Balaban J connectivity index is 1.41. The molecule has 120 valence electrons. The van der Waals surface area contributed by atoms with Crippen molar-refractivity contribution >= 4 is 0 Å². The fraction of sp³-hybridized carbons (Fsp3) is 1.00. The summed E-state index contributed by atoms with van der Waals surface area (Å²) < 4.78 is 6.15. The lowest BCUT2D eigenvalue weighted by Gasteiger charge is -2.44. The summed E-state index contributed by atoms with van der Waals surface area (Å²) in [5.41, 5.74) is 0.147. The summed E-state index contributed by atoms with van der Waals surface area (Å²) in [5, 5.41) is 11.0. The molecule has 2 bridgehead atoms. The summed E-state index contributed by atoms with van der Waals surface area (Å²) in [6.07, 6.45) is 12.4. The van der Waals surface area contributed by atoms with Gasteiger partial charge in [0, 0.05) is 18.7 Å². The average molecular weight is 293 g/mol. The zero-order valence-corrected chi connectivity index (χ0v) is 13.5. The maximum Gasteiger partial charge on any atom is 0.0686 e. The van der Waals surface area contributed by atoms with Crippen LogP contribution in [-0.2, 0) is 4.74 Å². The van der Waals surface area contributed by atoms with Crippen LogP contribution in [0.2, 0.25) is 0 Å². The minimum atomic E-state index is -0.0804. The van der Waals surface area contributed by atoms with Crippen molar-refractivity contribution in [3.63, 3.8) is 0 Å². The van der Waals surface area contributed by atoms with E-state index in [9.17, 15) is 5.11 Å². The zero-order valence-electron chi connectivity index (χ0n) is 13.5. The van der Waals surface area contributed by atoms with Crippen LogP contribution in [0.3, 0.4) is 0 Å². The predicted molar refractivity (Wildman–Crippen MR) is 83.2 cm³/mol. The van der Waals surface area contributed by atoms with Crippen LogP contribution in [0.1, 0.15) is 64.2 Å². The molecule has 0 aromatic heterocycles. The molecule has 4 unspecified atom stereocenters. The Morgan fingerprint density at radius 3 is 2.38 bits per heavy atom. The summed E-state index contributed by atoms with van der Waals surface area (Å²) in [4.78, 5) is 2.58. The van der Waals surface area contributed by atoms with Crippen LogP contribution in [0.4, 0.5) is 0 Å². The minimum Gasteiger partial charge on any atom is -0.393 e. The molecular formula is C18H31NO2. The van der Waals surface area contributed by atoms with E-state index in [0.717, 1.165) is 31.5 Å². The molecule has 1 aliphatic carbocycles. The third-order valence-corrected chi connectivity index (χ3v) is 7.15. The van der Waals surface area contributed by atoms with Crippen molar-refractivity contribution in [3.05, 3.63) is 0 Å². The van der Waals surface area contributed by atoms with Gasteiger partial charge in [-0.1, -0.05) is 12.8 Å². The predicted octanol–water partition coefficient (Wildman–Crippen LogP) is 2.96. The van der Waals surface area contributed by atoms with Gasteiger partial charge in [-0.25, -0.2) is 0 Å². The minimum absolute atomic E-state index is 0.0804. The summed E-state index contributed by atoms with van der Waals surface area (Å²) >= 11 is 0. The number of rotatable bonds is 2. The Labute approximate surface area is 129 Å². The van der Waals surface area contributed by atoms with Crippen molar-refractivity contribution in [2.75, 3.05) is 13.7 Å². The SMILES string of the molecule is CN1C2CCC1CC(C(O)C1CCOC3(CCCC3)C1)C2. The van der Waals surface area contributed by atoms with Gasteiger partial charge in [-0.05, 0) is 70.3 Å². The number of ether oxygens (including phenoxy) is 1. The normalized spacial score (nSPS) is 44.3. The molecule has 0 aromatic rings. The molecule has 4 fully saturated rings. The molecule has 0 aromatic carbocycles. The second-order valence-corrected chi connectivity index (χ2v) is 8.26. The van der Waals surface area contributed by atoms with Crippen LogP contribution in [-0.4, -0.2) is 47.4 Å². The van der Waals surface area contributed by atoms with E-state index in [-0.39, 0.29) is 11.7 Å². The molecule has 1 spiro atoms. The van der Waals surface area contributed by atoms with Gasteiger partial charge >= 0.3 is 0 Å². The second kappa shape index (κ2) is 5.50. The Kier molecular flexibility index (Phi) is 3.79. The summed E-state index contributed by atoms with van der Waals surface area (Å²) in [5.74, 6) is 1.03. The van der Waals surface area contributed by atoms with Crippen LogP contribution in [0.25, 0.3) is 0 Å². The van der Waals surface area contributed by atoms with Gasteiger partial charge < -0.3 is 14.7 Å². The molecule has 3 nitrogen and oxygen atoms in total. The van der Waals surface area contributed by atoms with E-state index < -0.39 is 0 Å². The molecule has 4 aliphatic rings. The maximum atomic E-state index is 11.0. The van der Waals surface area contributed by atoms with Gasteiger partial charge in [-0.15, -0.1) is 0 Å². The lowest BCUT2D eigenvalue weighted by molar-refractivity contribution is -0.124. The third kappa shape index (κ3) is 2.55. The number of nitrogens with zero attached hydrogens (tertiary/aromatic N) is 1. The first-order chi connectivity index (χ1) is 10.2. The van der Waals surface area contributed by atoms with Gasteiger partial charge in [0.25, 0.3) is 0 Å². The van der Waals surface area contributed by atoms with E-state index in [1.807, 2.05) is 0 Å². The molecule has 21 heavy (non-hydrogen) atoms. The van der Waals surface area contributed by atoms with Gasteiger partial charge in [0.1, 0.15) is 0 Å². The number of fused-ring (bicyclic) bond motifs is 2. The van der Waals surface area contributed by atoms with Crippen LogP contribution < -0.4 is 0 Å². The van der Waals surface area contributed by atoms with Crippen LogP contribution in [0, 0.1) is 11.8 Å². The number of aliphatic hydroxyl groups excluding tert-OH is 1. The van der Waals surface area contributed by atoms with E-state index >= 15 is 0 Å². The molecule has 1 saturated carbocycles. The number of aliphatic hydroxyl groups is 1. The standard InChI is InChI=1S/C18H31NO2/c1-19-15-4-5-16(19)11-14(10-15)17(20)13-6-9-21-18(12-13)7-2-3-8-18/h13-17,20H,2-12H2,1H3. The summed E-state index contributed by atoms with van der Waals surface area (Å²) in [6, 6.07) is 1.48. The highest BCUT2D eigenvalue weighted by Gasteiger charge is 2.46. The fourth-order valence-electron chi connectivity index (χ4n) is 5.84. The smallest absolute Gasteiger partial charge is 0.0686 e. The van der Waals surface area contributed by atoms with E-state index in [2.05, 4.69) is 11.9 Å². The highest BCUT2D eigenvalue weighted by Crippen LogP contribution is 2.46. The van der Waals surface area contributed by atoms with E-state index in [1.54, 1.807) is 0 Å². The van der Waals surface area contributed by atoms with E-state index in [4.69, 9.17) is 4.74 Å². The number of hydrogen-bond acceptors (Lipinski definition) is 3. The van der Waals surface area contributed by atoms with Crippen molar-refractivity contribution in [3.8, 4) is 0 Å². The van der Waals surface area contributed by atoms with E-state index in [1.165, 1.54) is 51.4 Å². The van der Waals surface area contributed by atoms with Crippen molar-refractivity contribution in [2.24, 2.45) is 11.8 Å². The first-order valence-corrected chi connectivity index (χ1v) is 9.21. The second-order valence-electron chi connectivity index (χ2n) is 8.26. The molecule has 1 N–H and O–H groups in total. The Bertz CT molecular complexity index is 365. The molecule has 3 aliphatic heterocycles. The topological polar surface area (TPSA) is 32.7 Å². The van der Waals surface area contributed by atoms with Crippen molar-refractivity contribution in [1.82, 2.24) is 4.90 Å². The quantitative estimate of drug-likeness (QED) is 0.849. The highest BCUT2D eigenvalue weighted by molar-refractivity contribution is 4.99. The monoisotopic (exact) mass is 293 g/mol. The Morgan fingerprint density at radius 1 is 1.05 bits per heavy atom. The molecule has 0 amide bonds. The number of piperidine rings is 1. The first-order valence-electron chi connectivity index (χ1n) is 9.21. The third-order valence-electron chi connectivity index (χ3n) is 7.15. The van der Waals surface area contributed by atoms with Crippen LogP contribution in [0.5, 0.6) is 0 Å². The summed E-state index contributed by atoms with van der Waals surface area (Å²) in [6.45, 7) is 0.876.